The fraction of sp³-hybridized carbons (Fsp3) is 0.538. The quantitative estimate of drug-likeness (QED) is 0.794. The van der Waals surface area contributed by atoms with Crippen molar-refractivity contribution in [3.63, 3.8) is 0 Å². The SMILES string of the molecule is CC(CO)N(C)CCC(O)c1ccccc1F. The van der Waals surface area contributed by atoms with Crippen LogP contribution in [0.3, 0.4) is 0 Å². The number of hydrogen-bond donors (Lipinski definition) is 2. The van der Waals surface area contributed by atoms with E-state index in [2.05, 4.69) is 0 Å². The number of hydrogen-bond acceptors (Lipinski definition) is 3. The van der Waals surface area contributed by atoms with Gasteiger partial charge in [-0.15, -0.1) is 0 Å². The Balaban J connectivity index is 2.50. The van der Waals surface area contributed by atoms with Gasteiger partial charge in [0.2, 0.25) is 0 Å². The summed E-state index contributed by atoms with van der Waals surface area (Å²) in [6.45, 7) is 2.58. The van der Waals surface area contributed by atoms with Crippen LogP contribution in [0.25, 0.3) is 0 Å². The average Bonchev–Trinajstić information content (AvgIpc) is 2.35. The minimum atomic E-state index is -0.801. The van der Waals surface area contributed by atoms with Crippen molar-refractivity contribution in [1.29, 1.82) is 0 Å². The van der Waals surface area contributed by atoms with Crippen LogP contribution in [0.4, 0.5) is 4.39 Å². The summed E-state index contributed by atoms with van der Waals surface area (Å²) < 4.78 is 13.4. The zero-order chi connectivity index (χ0) is 12.8. The fourth-order valence-electron chi connectivity index (χ4n) is 1.59. The summed E-state index contributed by atoms with van der Waals surface area (Å²) in [7, 11) is 1.87. The van der Waals surface area contributed by atoms with Crippen LogP contribution in [0.1, 0.15) is 25.0 Å². The van der Waals surface area contributed by atoms with Gasteiger partial charge >= 0.3 is 0 Å². The lowest BCUT2D eigenvalue weighted by Crippen LogP contribution is -2.33. The topological polar surface area (TPSA) is 43.7 Å². The number of likely N-dealkylation sites (N-methyl/N-ethyl adjacent to an activating group) is 1. The molecule has 1 rings (SSSR count). The third-order valence-electron chi connectivity index (χ3n) is 3.04. The molecule has 0 fully saturated rings. The molecule has 0 saturated heterocycles. The van der Waals surface area contributed by atoms with Crippen LogP contribution in [-0.2, 0) is 0 Å². The maximum absolute atomic E-state index is 13.4. The van der Waals surface area contributed by atoms with E-state index in [-0.39, 0.29) is 18.5 Å². The second-order valence-electron chi connectivity index (χ2n) is 4.34. The molecular formula is C13H20FNO2. The van der Waals surface area contributed by atoms with Gasteiger partial charge in [-0.25, -0.2) is 4.39 Å². The Bertz CT molecular complexity index is 346. The van der Waals surface area contributed by atoms with E-state index in [9.17, 15) is 9.50 Å². The molecule has 3 nitrogen and oxygen atoms in total. The van der Waals surface area contributed by atoms with Crippen molar-refractivity contribution in [2.45, 2.75) is 25.5 Å². The zero-order valence-electron chi connectivity index (χ0n) is 10.3. The lowest BCUT2D eigenvalue weighted by atomic mass is 10.1. The van der Waals surface area contributed by atoms with Gasteiger partial charge in [-0.2, -0.15) is 0 Å². The number of rotatable bonds is 6. The Labute approximate surface area is 101 Å². The second kappa shape index (κ2) is 6.69. The van der Waals surface area contributed by atoms with E-state index in [0.717, 1.165) is 0 Å². The van der Waals surface area contributed by atoms with Crippen molar-refractivity contribution in [2.75, 3.05) is 20.2 Å². The molecular weight excluding hydrogens is 221 g/mol. The van der Waals surface area contributed by atoms with Gasteiger partial charge in [-0.05, 0) is 26.5 Å². The summed E-state index contributed by atoms with van der Waals surface area (Å²) in [5.41, 5.74) is 0.331. The lowest BCUT2D eigenvalue weighted by molar-refractivity contribution is 0.115. The molecule has 0 aliphatic heterocycles. The number of aliphatic hydroxyl groups excluding tert-OH is 2. The molecule has 0 heterocycles. The van der Waals surface area contributed by atoms with E-state index in [1.807, 2.05) is 18.9 Å². The molecule has 0 aromatic heterocycles. The highest BCUT2D eigenvalue weighted by Crippen LogP contribution is 2.19. The summed E-state index contributed by atoms with van der Waals surface area (Å²) in [6, 6.07) is 6.30. The van der Waals surface area contributed by atoms with Gasteiger partial charge < -0.3 is 15.1 Å². The number of halogens is 1. The van der Waals surface area contributed by atoms with Crippen LogP contribution in [0.5, 0.6) is 0 Å². The molecule has 4 heteroatoms. The van der Waals surface area contributed by atoms with Gasteiger partial charge in [0.15, 0.2) is 0 Å². The summed E-state index contributed by atoms with van der Waals surface area (Å²) in [5, 5.41) is 18.8. The van der Waals surface area contributed by atoms with E-state index < -0.39 is 6.10 Å². The normalized spacial score (nSPS) is 14.9. The standard InChI is InChI=1S/C13H20FNO2/c1-10(9-16)15(2)8-7-13(17)11-5-3-4-6-12(11)14/h3-6,10,13,16-17H,7-9H2,1-2H3. The van der Waals surface area contributed by atoms with Crippen molar-refractivity contribution in [1.82, 2.24) is 4.90 Å². The van der Waals surface area contributed by atoms with Gasteiger partial charge in [0, 0.05) is 18.2 Å². The molecule has 2 atom stereocenters. The van der Waals surface area contributed by atoms with Gasteiger partial charge in [0.1, 0.15) is 5.82 Å². The number of aliphatic hydroxyl groups is 2. The van der Waals surface area contributed by atoms with Gasteiger partial charge in [0.25, 0.3) is 0 Å². The van der Waals surface area contributed by atoms with E-state index in [4.69, 9.17) is 5.11 Å². The highest BCUT2D eigenvalue weighted by atomic mass is 19.1. The van der Waals surface area contributed by atoms with Crippen LogP contribution >= 0.6 is 0 Å². The third kappa shape index (κ3) is 4.07. The summed E-state index contributed by atoms with van der Waals surface area (Å²) in [6.07, 6.45) is -0.355. The van der Waals surface area contributed by atoms with Crippen molar-refractivity contribution >= 4 is 0 Å². The fourth-order valence-corrected chi connectivity index (χ4v) is 1.59. The molecule has 1 aromatic rings. The minimum Gasteiger partial charge on any atom is -0.395 e. The lowest BCUT2D eigenvalue weighted by Gasteiger charge is -2.24. The molecule has 2 unspecified atom stereocenters. The van der Waals surface area contributed by atoms with Crippen molar-refractivity contribution in [3.8, 4) is 0 Å². The first kappa shape index (κ1) is 14.1. The van der Waals surface area contributed by atoms with Crippen LogP contribution < -0.4 is 0 Å². The van der Waals surface area contributed by atoms with E-state index in [0.29, 0.717) is 18.5 Å². The van der Waals surface area contributed by atoms with Crippen molar-refractivity contribution in [2.24, 2.45) is 0 Å². The molecule has 0 radical (unpaired) electrons. The molecule has 0 saturated carbocycles. The smallest absolute Gasteiger partial charge is 0.128 e. The van der Waals surface area contributed by atoms with Crippen LogP contribution in [0, 0.1) is 5.82 Å². The Morgan fingerprint density at radius 1 is 1.35 bits per heavy atom. The maximum atomic E-state index is 13.4. The Kier molecular flexibility index (Phi) is 5.55. The van der Waals surface area contributed by atoms with Gasteiger partial charge in [-0.3, -0.25) is 0 Å². The molecule has 0 amide bonds. The molecule has 96 valence electrons. The van der Waals surface area contributed by atoms with Crippen LogP contribution in [0.15, 0.2) is 24.3 Å². The monoisotopic (exact) mass is 241 g/mol. The van der Waals surface area contributed by atoms with Gasteiger partial charge in [0.05, 0.1) is 12.7 Å². The third-order valence-corrected chi connectivity index (χ3v) is 3.04. The number of benzene rings is 1. The Morgan fingerprint density at radius 2 is 2.00 bits per heavy atom. The summed E-state index contributed by atoms with van der Waals surface area (Å²) in [4.78, 5) is 1.93. The molecule has 0 bridgehead atoms. The van der Waals surface area contributed by atoms with E-state index >= 15 is 0 Å². The summed E-state index contributed by atoms with van der Waals surface area (Å²) in [5.74, 6) is -0.377. The van der Waals surface area contributed by atoms with Crippen molar-refractivity contribution in [3.05, 3.63) is 35.6 Å². The largest absolute Gasteiger partial charge is 0.395 e. The Morgan fingerprint density at radius 3 is 2.59 bits per heavy atom. The highest BCUT2D eigenvalue weighted by Gasteiger charge is 2.14. The number of nitrogens with zero attached hydrogens (tertiary/aromatic N) is 1. The predicted molar refractivity (Wildman–Crippen MR) is 65.2 cm³/mol. The van der Waals surface area contributed by atoms with Crippen LogP contribution in [-0.4, -0.2) is 41.4 Å². The first-order valence-corrected chi connectivity index (χ1v) is 5.79. The Hall–Kier alpha value is -0.970. The van der Waals surface area contributed by atoms with Crippen molar-refractivity contribution < 1.29 is 14.6 Å². The van der Waals surface area contributed by atoms with E-state index in [1.165, 1.54) is 6.07 Å². The highest BCUT2D eigenvalue weighted by molar-refractivity contribution is 5.19. The second-order valence-corrected chi connectivity index (χ2v) is 4.34. The molecule has 17 heavy (non-hydrogen) atoms. The molecule has 0 aliphatic carbocycles. The molecule has 1 aromatic carbocycles. The molecule has 0 aliphatic rings. The predicted octanol–water partition coefficient (Wildman–Crippen LogP) is 1.56. The van der Waals surface area contributed by atoms with E-state index in [1.54, 1.807) is 18.2 Å². The summed E-state index contributed by atoms with van der Waals surface area (Å²) >= 11 is 0. The molecule has 2 N–H and O–H groups in total. The molecule has 0 spiro atoms. The maximum Gasteiger partial charge on any atom is 0.128 e. The van der Waals surface area contributed by atoms with Gasteiger partial charge in [-0.1, -0.05) is 18.2 Å². The average molecular weight is 241 g/mol. The zero-order valence-corrected chi connectivity index (χ0v) is 10.3. The first-order valence-electron chi connectivity index (χ1n) is 5.79. The van der Waals surface area contributed by atoms with Crippen LogP contribution in [0.2, 0.25) is 0 Å². The first-order chi connectivity index (χ1) is 8.06. The minimum absolute atomic E-state index is 0.0443.